The van der Waals surface area contributed by atoms with Crippen molar-refractivity contribution >= 4 is 5.97 Å². The van der Waals surface area contributed by atoms with E-state index in [4.69, 9.17) is 4.74 Å². The van der Waals surface area contributed by atoms with Crippen LogP contribution in [0.1, 0.15) is 103 Å². The zero-order valence-electron chi connectivity index (χ0n) is 14.7. The molecule has 0 unspecified atom stereocenters. The molecule has 0 atom stereocenters. The highest BCUT2D eigenvalue weighted by Gasteiger charge is 2.03. The Morgan fingerprint density at radius 2 is 1.55 bits per heavy atom. The summed E-state index contributed by atoms with van der Waals surface area (Å²) >= 11 is 0. The maximum Gasteiger partial charge on any atom is 0.305 e. The van der Waals surface area contributed by atoms with Gasteiger partial charge in [-0.1, -0.05) is 63.0 Å². The summed E-state index contributed by atoms with van der Waals surface area (Å²) in [5.41, 5.74) is 1.72. The summed E-state index contributed by atoms with van der Waals surface area (Å²) < 4.78 is 4.92. The van der Waals surface area contributed by atoms with E-state index >= 15 is 0 Å². The second-order valence-corrected chi connectivity index (χ2v) is 6.60. The van der Waals surface area contributed by atoms with Gasteiger partial charge in [0.1, 0.15) is 0 Å². The van der Waals surface area contributed by atoms with Gasteiger partial charge in [0.05, 0.1) is 6.61 Å². The summed E-state index contributed by atoms with van der Waals surface area (Å²) in [5, 5.41) is 0. The summed E-state index contributed by atoms with van der Waals surface area (Å²) in [4.78, 5) is 11.2. The van der Waals surface area contributed by atoms with Gasteiger partial charge in [0.15, 0.2) is 0 Å². The van der Waals surface area contributed by atoms with Gasteiger partial charge in [-0.15, -0.1) is 0 Å². The highest BCUT2D eigenvalue weighted by atomic mass is 16.5. The zero-order valence-corrected chi connectivity index (χ0v) is 14.7. The van der Waals surface area contributed by atoms with Crippen LogP contribution in [0.25, 0.3) is 0 Å². The summed E-state index contributed by atoms with van der Waals surface area (Å²) in [6.45, 7) is 2.38. The van der Waals surface area contributed by atoms with Crippen LogP contribution in [-0.2, 0) is 9.53 Å². The highest BCUT2D eigenvalue weighted by Crippen LogP contribution is 2.23. The SMILES string of the molecule is CCOC(=O)CCCCCCCCCCCCC1=CCCC1. The molecule has 0 fully saturated rings. The van der Waals surface area contributed by atoms with Crippen LogP contribution in [0, 0.1) is 0 Å². The Balaban J connectivity index is 1.72. The summed E-state index contributed by atoms with van der Waals surface area (Å²) in [7, 11) is 0. The summed E-state index contributed by atoms with van der Waals surface area (Å²) in [6, 6.07) is 0. The third-order valence-electron chi connectivity index (χ3n) is 4.57. The number of ether oxygens (including phenoxy) is 1. The predicted molar refractivity (Wildman–Crippen MR) is 94.0 cm³/mol. The minimum absolute atomic E-state index is 0.0316. The molecular weight excluding hydrogens is 272 g/mol. The number of esters is 1. The van der Waals surface area contributed by atoms with Crippen LogP contribution < -0.4 is 0 Å². The maximum atomic E-state index is 11.2. The van der Waals surface area contributed by atoms with Gasteiger partial charge in [0.25, 0.3) is 0 Å². The Kier molecular flexibility index (Phi) is 12.1. The second kappa shape index (κ2) is 13.8. The molecule has 0 N–H and O–H groups in total. The van der Waals surface area contributed by atoms with Crippen LogP contribution in [0.4, 0.5) is 0 Å². The van der Waals surface area contributed by atoms with Gasteiger partial charge in [0, 0.05) is 6.42 Å². The molecule has 0 aromatic heterocycles. The molecule has 0 aromatic carbocycles. The Morgan fingerprint density at radius 3 is 2.09 bits per heavy atom. The van der Waals surface area contributed by atoms with E-state index in [9.17, 15) is 4.79 Å². The molecule has 128 valence electrons. The number of carbonyl (C=O) groups excluding carboxylic acids is 1. The fourth-order valence-electron chi connectivity index (χ4n) is 3.23. The Hall–Kier alpha value is -0.790. The van der Waals surface area contributed by atoms with E-state index < -0.39 is 0 Å². The van der Waals surface area contributed by atoms with Crippen molar-refractivity contribution in [2.75, 3.05) is 6.61 Å². The molecule has 2 nitrogen and oxygen atoms in total. The maximum absolute atomic E-state index is 11.2. The molecule has 0 bridgehead atoms. The van der Waals surface area contributed by atoms with Crippen molar-refractivity contribution in [2.24, 2.45) is 0 Å². The molecular formula is C20H36O2. The third-order valence-corrected chi connectivity index (χ3v) is 4.57. The number of rotatable bonds is 14. The fourth-order valence-corrected chi connectivity index (χ4v) is 3.23. The van der Waals surface area contributed by atoms with Crippen LogP contribution >= 0.6 is 0 Å². The first-order valence-electron chi connectivity index (χ1n) is 9.66. The Morgan fingerprint density at radius 1 is 0.955 bits per heavy atom. The van der Waals surface area contributed by atoms with Gasteiger partial charge < -0.3 is 4.74 Å². The van der Waals surface area contributed by atoms with Crippen molar-refractivity contribution in [3.63, 3.8) is 0 Å². The average Bonchev–Trinajstić information content (AvgIpc) is 3.02. The van der Waals surface area contributed by atoms with Crippen molar-refractivity contribution in [3.05, 3.63) is 11.6 Å². The van der Waals surface area contributed by atoms with E-state index in [0.29, 0.717) is 13.0 Å². The molecule has 0 spiro atoms. The molecule has 1 aliphatic carbocycles. The summed E-state index contributed by atoms with van der Waals surface area (Å²) in [6.07, 6.45) is 21.7. The first-order chi connectivity index (χ1) is 10.8. The quantitative estimate of drug-likeness (QED) is 0.212. The molecule has 0 aliphatic heterocycles. The molecule has 0 saturated carbocycles. The van der Waals surface area contributed by atoms with Crippen LogP contribution in [-0.4, -0.2) is 12.6 Å². The third kappa shape index (κ3) is 10.9. The molecule has 1 aliphatic rings. The van der Waals surface area contributed by atoms with Gasteiger partial charge >= 0.3 is 5.97 Å². The van der Waals surface area contributed by atoms with Crippen molar-refractivity contribution in [1.82, 2.24) is 0 Å². The van der Waals surface area contributed by atoms with E-state index in [0.717, 1.165) is 6.42 Å². The lowest BCUT2D eigenvalue weighted by molar-refractivity contribution is -0.143. The Labute approximate surface area is 137 Å². The fraction of sp³-hybridized carbons (Fsp3) is 0.850. The van der Waals surface area contributed by atoms with Gasteiger partial charge in [0.2, 0.25) is 0 Å². The molecule has 2 heteroatoms. The topological polar surface area (TPSA) is 26.3 Å². The highest BCUT2D eigenvalue weighted by molar-refractivity contribution is 5.69. The summed E-state index contributed by atoms with van der Waals surface area (Å²) in [5.74, 6) is -0.0316. The van der Waals surface area contributed by atoms with E-state index in [1.54, 1.807) is 5.57 Å². The lowest BCUT2D eigenvalue weighted by atomic mass is 10.0. The van der Waals surface area contributed by atoms with Gasteiger partial charge in [-0.3, -0.25) is 4.79 Å². The van der Waals surface area contributed by atoms with E-state index in [2.05, 4.69) is 6.08 Å². The van der Waals surface area contributed by atoms with E-state index in [1.165, 1.54) is 83.5 Å². The first kappa shape index (κ1) is 19.3. The number of hydrogen-bond donors (Lipinski definition) is 0. The van der Waals surface area contributed by atoms with Crippen LogP contribution in [0.5, 0.6) is 0 Å². The van der Waals surface area contributed by atoms with Crippen molar-refractivity contribution in [2.45, 2.75) is 103 Å². The number of unbranched alkanes of at least 4 members (excludes halogenated alkanes) is 9. The number of allylic oxidation sites excluding steroid dienone is 2. The molecule has 0 heterocycles. The zero-order chi connectivity index (χ0) is 15.9. The molecule has 1 rings (SSSR count). The lowest BCUT2D eigenvalue weighted by Crippen LogP contribution is -2.03. The second-order valence-electron chi connectivity index (χ2n) is 6.60. The lowest BCUT2D eigenvalue weighted by Gasteiger charge is -2.04. The first-order valence-corrected chi connectivity index (χ1v) is 9.66. The van der Waals surface area contributed by atoms with Crippen LogP contribution in [0.15, 0.2) is 11.6 Å². The van der Waals surface area contributed by atoms with Crippen molar-refractivity contribution < 1.29 is 9.53 Å². The van der Waals surface area contributed by atoms with Crippen molar-refractivity contribution in [1.29, 1.82) is 0 Å². The van der Waals surface area contributed by atoms with Crippen LogP contribution in [0.3, 0.4) is 0 Å². The van der Waals surface area contributed by atoms with Crippen LogP contribution in [0.2, 0.25) is 0 Å². The minimum Gasteiger partial charge on any atom is -0.466 e. The Bertz CT molecular complexity index is 307. The average molecular weight is 309 g/mol. The van der Waals surface area contributed by atoms with Gasteiger partial charge in [-0.2, -0.15) is 0 Å². The molecule has 0 aromatic rings. The number of carbonyl (C=O) groups is 1. The van der Waals surface area contributed by atoms with Gasteiger partial charge in [-0.25, -0.2) is 0 Å². The van der Waals surface area contributed by atoms with E-state index in [1.807, 2.05) is 6.92 Å². The predicted octanol–water partition coefficient (Wildman–Crippen LogP) is 6.34. The van der Waals surface area contributed by atoms with E-state index in [-0.39, 0.29) is 5.97 Å². The smallest absolute Gasteiger partial charge is 0.305 e. The monoisotopic (exact) mass is 308 g/mol. The largest absolute Gasteiger partial charge is 0.466 e. The standard InChI is InChI=1S/C20H36O2/c1-2-22-20(21)18-12-10-8-6-4-3-5-7-9-11-15-19-16-13-14-17-19/h16H,2-15,17-18H2,1H3. The molecule has 0 amide bonds. The minimum atomic E-state index is -0.0316. The van der Waals surface area contributed by atoms with Gasteiger partial charge in [-0.05, 0) is 45.4 Å². The molecule has 0 radical (unpaired) electrons. The molecule has 22 heavy (non-hydrogen) atoms. The van der Waals surface area contributed by atoms with Crippen molar-refractivity contribution in [3.8, 4) is 0 Å². The molecule has 0 saturated heterocycles. The normalized spacial score (nSPS) is 14.1. The number of hydrogen-bond acceptors (Lipinski definition) is 2.